The van der Waals surface area contributed by atoms with Crippen LogP contribution in [0.25, 0.3) is 6.08 Å². The molecule has 0 unspecified atom stereocenters. The molecular formula is C36H38O6. The topological polar surface area (TPSA) is 93.1 Å². The Kier molecular flexibility index (Phi) is 12.9. The molecule has 0 radical (unpaired) electrons. The number of phenolic OH excluding ortho intramolecular Hbond substituents is 1. The van der Waals surface area contributed by atoms with E-state index in [2.05, 4.69) is 19.9 Å². The smallest absolute Gasteiger partial charge is 0.338 e. The van der Waals surface area contributed by atoms with Crippen molar-refractivity contribution in [1.29, 1.82) is 0 Å². The van der Waals surface area contributed by atoms with E-state index in [0.29, 0.717) is 17.9 Å². The Balaban J connectivity index is 0.000000291. The van der Waals surface area contributed by atoms with Crippen LogP contribution in [-0.2, 0) is 24.4 Å². The lowest BCUT2D eigenvalue weighted by Crippen LogP contribution is -2.06. The Labute approximate surface area is 247 Å². The van der Waals surface area contributed by atoms with Crippen LogP contribution in [0.15, 0.2) is 103 Å². The fourth-order valence-electron chi connectivity index (χ4n) is 3.99. The van der Waals surface area contributed by atoms with Crippen molar-refractivity contribution in [2.75, 3.05) is 0 Å². The van der Waals surface area contributed by atoms with E-state index in [1.165, 1.54) is 12.1 Å². The summed E-state index contributed by atoms with van der Waals surface area (Å²) in [6.45, 7) is 4.84. The van der Waals surface area contributed by atoms with Crippen molar-refractivity contribution in [1.82, 2.24) is 0 Å². The molecule has 0 aliphatic rings. The zero-order chi connectivity index (χ0) is 30.2. The predicted octanol–water partition coefficient (Wildman–Crippen LogP) is 8.48. The highest BCUT2D eigenvalue weighted by molar-refractivity contribution is 5.90. The number of allylic oxidation sites excluding steroid dienone is 1. The number of benzene rings is 4. The van der Waals surface area contributed by atoms with Gasteiger partial charge in [0.05, 0.1) is 11.1 Å². The van der Waals surface area contributed by atoms with Crippen LogP contribution in [0, 0.1) is 0 Å². The van der Waals surface area contributed by atoms with Crippen molar-refractivity contribution < 1.29 is 29.3 Å². The Morgan fingerprint density at radius 2 is 1.43 bits per heavy atom. The quantitative estimate of drug-likeness (QED) is 0.167. The van der Waals surface area contributed by atoms with Gasteiger partial charge in [-0.15, -0.1) is 0 Å². The van der Waals surface area contributed by atoms with Crippen LogP contribution in [0.5, 0.6) is 11.5 Å². The number of hydrogen-bond donors (Lipinski definition) is 2. The first-order chi connectivity index (χ1) is 20.4. The maximum absolute atomic E-state index is 12.5. The molecule has 4 rings (SSSR count). The molecule has 218 valence electrons. The van der Waals surface area contributed by atoms with Crippen molar-refractivity contribution in [2.45, 2.75) is 52.7 Å². The monoisotopic (exact) mass is 566 g/mol. The number of aromatic hydroxyl groups is 1. The van der Waals surface area contributed by atoms with Crippen molar-refractivity contribution in [2.24, 2.45) is 0 Å². The molecule has 0 aliphatic heterocycles. The summed E-state index contributed by atoms with van der Waals surface area (Å²) in [7, 11) is 0. The van der Waals surface area contributed by atoms with Crippen molar-refractivity contribution in [3.63, 3.8) is 0 Å². The number of carbonyl (C=O) groups excluding carboxylic acids is 1. The van der Waals surface area contributed by atoms with Crippen LogP contribution >= 0.6 is 0 Å². The van der Waals surface area contributed by atoms with Gasteiger partial charge in [-0.3, -0.25) is 0 Å². The van der Waals surface area contributed by atoms with Gasteiger partial charge in [0.1, 0.15) is 24.7 Å². The Hall–Kier alpha value is -4.84. The molecule has 0 heterocycles. The predicted molar refractivity (Wildman–Crippen MR) is 166 cm³/mol. The van der Waals surface area contributed by atoms with E-state index in [4.69, 9.17) is 14.6 Å². The Bertz CT molecular complexity index is 1440. The number of hydrogen-bond acceptors (Lipinski definition) is 5. The summed E-state index contributed by atoms with van der Waals surface area (Å²) in [6, 6.07) is 29.5. The molecule has 0 saturated carbocycles. The van der Waals surface area contributed by atoms with Gasteiger partial charge in [0, 0.05) is 5.56 Å². The molecule has 0 amide bonds. The van der Waals surface area contributed by atoms with Crippen LogP contribution in [-0.4, -0.2) is 22.2 Å². The third kappa shape index (κ3) is 10.3. The highest BCUT2D eigenvalue weighted by atomic mass is 16.5. The number of aryl methyl sites for hydroxylation is 1. The number of carboxylic acids is 1. The molecule has 6 heteroatoms. The van der Waals surface area contributed by atoms with Gasteiger partial charge in [-0.25, -0.2) is 9.59 Å². The highest BCUT2D eigenvalue weighted by Crippen LogP contribution is 2.24. The number of unbranched alkanes of at least 4 members (excludes halogenated alkanes) is 1. The van der Waals surface area contributed by atoms with Crippen LogP contribution < -0.4 is 4.74 Å². The zero-order valence-corrected chi connectivity index (χ0v) is 24.2. The summed E-state index contributed by atoms with van der Waals surface area (Å²) in [5, 5.41) is 18.2. The lowest BCUT2D eigenvalue weighted by Gasteiger charge is -2.12. The summed E-state index contributed by atoms with van der Waals surface area (Å²) < 4.78 is 11.5. The number of esters is 1. The van der Waals surface area contributed by atoms with Crippen LogP contribution in [0.4, 0.5) is 0 Å². The number of ether oxygens (including phenoxy) is 2. The van der Waals surface area contributed by atoms with E-state index in [0.717, 1.165) is 47.9 Å². The molecule has 4 aromatic rings. The number of phenols is 1. The van der Waals surface area contributed by atoms with Gasteiger partial charge in [-0.05, 0) is 60.2 Å². The Morgan fingerprint density at radius 3 is 2.02 bits per heavy atom. The van der Waals surface area contributed by atoms with E-state index in [1.54, 1.807) is 18.2 Å². The molecule has 0 bridgehead atoms. The summed E-state index contributed by atoms with van der Waals surface area (Å²) in [5.74, 6) is -0.622. The van der Waals surface area contributed by atoms with E-state index >= 15 is 0 Å². The normalized spacial score (nSPS) is 10.5. The van der Waals surface area contributed by atoms with E-state index in [-0.39, 0.29) is 23.9 Å². The molecule has 2 N–H and O–H groups in total. The Morgan fingerprint density at radius 1 is 0.786 bits per heavy atom. The average Bonchev–Trinajstić information content (AvgIpc) is 3.02. The van der Waals surface area contributed by atoms with Gasteiger partial charge in [-0.1, -0.05) is 105 Å². The van der Waals surface area contributed by atoms with E-state index < -0.39 is 5.97 Å². The molecule has 0 atom stereocenters. The van der Waals surface area contributed by atoms with Crippen molar-refractivity contribution in [3.05, 3.63) is 137 Å². The lowest BCUT2D eigenvalue weighted by atomic mass is 10.1. The second-order valence-electron chi connectivity index (χ2n) is 9.65. The second kappa shape index (κ2) is 17.1. The first-order valence-corrected chi connectivity index (χ1v) is 14.1. The average molecular weight is 567 g/mol. The third-order valence-corrected chi connectivity index (χ3v) is 6.36. The van der Waals surface area contributed by atoms with Gasteiger partial charge >= 0.3 is 11.9 Å². The molecule has 6 nitrogen and oxygen atoms in total. The fourth-order valence-corrected chi connectivity index (χ4v) is 3.99. The van der Waals surface area contributed by atoms with Gasteiger partial charge < -0.3 is 19.7 Å². The number of carboxylic acid groups (broad SMARTS) is 1. The molecule has 0 spiro atoms. The minimum Gasteiger partial charge on any atom is -0.508 e. The minimum absolute atomic E-state index is 0.0818. The fraction of sp³-hybridized carbons (Fsp3) is 0.222. The molecule has 0 fully saturated rings. The van der Waals surface area contributed by atoms with Crippen LogP contribution in [0.3, 0.4) is 0 Å². The van der Waals surface area contributed by atoms with Gasteiger partial charge in [0.25, 0.3) is 0 Å². The summed E-state index contributed by atoms with van der Waals surface area (Å²) in [4.78, 5) is 23.0. The van der Waals surface area contributed by atoms with E-state index in [9.17, 15) is 14.7 Å². The summed E-state index contributed by atoms with van der Waals surface area (Å²) >= 11 is 0. The first kappa shape index (κ1) is 31.7. The standard InChI is InChI=1S/C25H24O3.C11H14O3/c1-2-3-14-22-15-16-23(25(26)28-19-21-12-8-5-9-13-21)17-24(22)27-18-20-10-6-4-7-11-20;1-2-3-4-8-5-6-9(11(13)14)7-10(8)12/h3-17H,2,18-19H2,1H3;5-7,12H,2-4H2,1H3,(H,13,14). The van der Waals surface area contributed by atoms with Crippen LogP contribution in [0.2, 0.25) is 0 Å². The lowest BCUT2D eigenvalue weighted by molar-refractivity contribution is 0.0471. The molecule has 42 heavy (non-hydrogen) atoms. The van der Waals surface area contributed by atoms with E-state index in [1.807, 2.05) is 72.8 Å². The summed E-state index contributed by atoms with van der Waals surface area (Å²) in [6.07, 6.45) is 7.86. The van der Waals surface area contributed by atoms with Crippen molar-refractivity contribution in [3.8, 4) is 11.5 Å². The first-order valence-electron chi connectivity index (χ1n) is 14.1. The number of rotatable bonds is 12. The maximum Gasteiger partial charge on any atom is 0.338 e. The van der Waals surface area contributed by atoms with Crippen LogP contribution in [0.1, 0.15) is 76.1 Å². The molecule has 0 aromatic heterocycles. The molecule has 0 saturated heterocycles. The second-order valence-corrected chi connectivity index (χ2v) is 9.65. The third-order valence-electron chi connectivity index (χ3n) is 6.36. The SMILES string of the molecule is CCC=Cc1ccc(C(=O)OCc2ccccc2)cc1OCc1ccccc1.CCCCc1ccc(C(=O)O)cc1O. The molecular weight excluding hydrogens is 528 g/mol. The molecule has 4 aromatic carbocycles. The minimum atomic E-state index is -1.01. The summed E-state index contributed by atoms with van der Waals surface area (Å²) in [5.41, 5.74) is 4.40. The van der Waals surface area contributed by atoms with Gasteiger partial charge in [0.15, 0.2) is 0 Å². The van der Waals surface area contributed by atoms with Gasteiger partial charge in [-0.2, -0.15) is 0 Å². The maximum atomic E-state index is 12.5. The van der Waals surface area contributed by atoms with Crippen molar-refractivity contribution >= 4 is 18.0 Å². The van der Waals surface area contributed by atoms with Gasteiger partial charge in [0.2, 0.25) is 0 Å². The largest absolute Gasteiger partial charge is 0.508 e. The number of carbonyl (C=O) groups is 2. The molecule has 0 aliphatic carbocycles. The number of aromatic carboxylic acids is 1. The highest BCUT2D eigenvalue weighted by Gasteiger charge is 2.12. The zero-order valence-electron chi connectivity index (χ0n) is 24.2.